The molecule has 0 unspecified atom stereocenters. The number of hydrogen-bond acceptors (Lipinski definition) is 4. The maximum atomic E-state index is 10.1. The maximum Gasteiger partial charge on any atom is 0.330 e. The van der Waals surface area contributed by atoms with E-state index in [0.29, 0.717) is 6.08 Å². The standard InChI is InChI=1S/C5H6O4.Ce/c1-9-5(8)3-2-4(6)7;/h2-3H,1H3,(H,6,7);/p-1/b3-2-;. The zero-order chi connectivity index (χ0) is 7.28. The monoisotopic (exact) mass is 269 g/mol. The number of carboxylic acids is 1. The number of hydrogen-bond donors (Lipinski definition) is 0. The minimum absolute atomic E-state index is 0. The molecule has 0 aromatic rings. The Morgan fingerprint density at radius 1 is 1.40 bits per heavy atom. The van der Waals surface area contributed by atoms with Crippen LogP contribution in [-0.2, 0) is 14.3 Å². The third-order valence-electron chi connectivity index (χ3n) is 0.557. The Balaban J connectivity index is 0. The van der Waals surface area contributed by atoms with E-state index in [9.17, 15) is 14.7 Å². The fourth-order valence-corrected chi connectivity index (χ4v) is 0.204. The molecule has 0 saturated carbocycles. The van der Waals surface area contributed by atoms with Gasteiger partial charge in [-0.15, -0.1) is 0 Å². The van der Waals surface area contributed by atoms with Gasteiger partial charge < -0.3 is 14.6 Å². The molecule has 0 N–H and O–H groups in total. The van der Waals surface area contributed by atoms with Crippen molar-refractivity contribution in [3.8, 4) is 0 Å². The summed E-state index contributed by atoms with van der Waals surface area (Å²) in [7, 11) is 1.15. The van der Waals surface area contributed by atoms with Crippen molar-refractivity contribution >= 4 is 11.9 Å². The molecule has 0 rings (SSSR count). The van der Waals surface area contributed by atoms with Crippen molar-refractivity contribution in [2.45, 2.75) is 0 Å². The summed E-state index contributed by atoms with van der Waals surface area (Å²) < 4.78 is 4.08. The van der Waals surface area contributed by atoms with Gasteiger partial charge in [-0.2, -0.15) is 0 Å². The van der Waals surface area contributed by atoms with Crippen molar-refractivity contribution in [2.24, 2.45) is 0 Å². The van der Waals surface area contributed by atoms with E-state index in [2.05, 4.69) is 4.74 Å². The Morgan fingerprint density at radius 3 is 2.20 bits per heavy atom. The van der Waals surface area contributed by atoms with Gasteiger partial charge in [0, 0.05) is 47.8 Å². The Labute approximate surface area is 91.6 Å². The van der Waals surface area contributed by atoms with E-state index in [-0.39, 0.29) is 41.7 Å². The minimum Gasteiger partial charge on any atom is -0.545 e. The number of carbonyl (C=O) groups excluding carboxylic acids is 2. The summed E-state index contributed by atoms with van der Waals surface area (Å²) in [5.74, 6) is -2.13. The summed E-state index contributed by atoms with van der Waals surface area (Å²) in [6.45, 7) is 0. The number of ether oxygens (including phenoxy) is 1. The Bertz CT molecular complexity index is 152. The molecule has 5 heteroatoms. The predicted molar refractivity (Wildman–Crippen MR) is 26.2 cm³/mol. The summed E-state index contributed by atoms with van der Waals surface area (Å²) in [4.78, 5) is 19.7. The first-order chi connectivity index (χ1) is 4.16. The molecule has 10 heavy (non-hydrogen) atoms. The molecular weight excluding hydrogens is 264 g/mol. The average molecular weight is 269 g/mol. The molecule has 0 amide bonds. The topological polar surface area (TPSA) is 66.4 Å². The molecular formula is C5H5CeO4-. The van der Waals surface area contributed by atoms with Gasteiger partial charge in [0.05, 0.1) is 13.1 Å². The van der Waals surface area contributed by atoms with Crippen LogP contribution in [0.2, 0.25) is 0 Å². The number of aliphatic carboxylic acids is 1. The molecule has 0 aromatic carbocycles. The van der Waals surface area contributed by atoms with Crippen LogP contribution in [0.1, 0.15) is 0 Å². The number of esters is 1. The Morgan fingerprint density at radius 2 is 1.90 bits per heavy atom. The van der Waals surface area contributed by atoms with Gasteiger partial charge in [-0.3, -0.25) is 0 Å². The molecule has 0 aromatic heterocycles. The van der Waals surface area contributed by atoms with E-state index in [4.69, 9.17) is 0 Å². The van der Waals surface area contributed by atoms with Gasteiger partial charge in [0.25, 0.3) is 0 Å². The fraction of sp³-hybridized carbons (Fsp3) is 0.200. The van der Waals surface area contributed by atoms with Crippen LogP contribution in [0.25, 0.3) is 0 Å². The third kappa shape index (κ3) is 8.06. The van der Waals surface area contributed by atoms with Gasteiger partial charge in [-0.25, -0.2) is 4.79 Å². The van der Waals surface area contributed by atoms with Crippen molar-refractivity contribution in [2.75, 3.05) is 7.11 Å². The molecule has 0 atom stereocenters. The van der Waals surface area contributed by atoms with E-state index < -0.39 is 11.9 Å². The molecule has 0 fully saturated rings. The van der Waals surface area contributed by atoms with Crippen LogP contribution in [0.5, 0.6) is 0 Å². The molecule has 0 saturated heterocycles. The minimum atomic E-state index is -1.42. The molecule has 0 heterocycles. The maximum absolute atomic E-state index is 10.1. The summed E-state index contributed by atoms with van der Waals surface area (Å²) >= 11 is 0. The van der Waals surface area contributed by atoms with E-state index in [1.54, 1.807) is 0 Å². The Hall–Kier alpha value is 0.0566. The van der Waals surface area contributed by atoms with Crippen molar-refractivity contribution in [3.05, 3.63) is 12.2 Å². The zero-order valence-electron chi connectivity index (χ0n) is 5.29. The van der Waals surface area contributed by atoms with Crippen molar-refractivity contribution in [1.82, 2.24) is 0 Å². The second-order valence-corrected chi connectivity index (χ2v) is 1.18. The van der Waals surface area contributed by atoms with Crippen LogP contribution in [0.4, 0.5) is 0 Å². The smallest absolute Gasteiger partial charge is 0.330 e. The van der Waals surface area contributed by atoms with Gasteiger partial charge >= 0.3 is 5.97 Å². The van der Waals surface area contributed by atoms with Crippen LogP contribution >= 0.6 is 0 Å². The summed E-state index contributed by atoms with van der Waals surface area (Å²) in [6, 6.07) is 0. The van der Waals surface area contributed by atoms with Crippen LogP contribution in [0.3, 0.4) is 0 Å². The fourth-order valence-electron chi connectivity index (χ4n) is 0.204. The molecule has 0 aliphatic rings. The number of rotatable bonds is 2. The molecule has 4 nitrogen and oxygen atoms in total. The van der Waals surface area contributed by atoms with E-state index >= 15 is 0 Å². The van der Waals surface area contributed by atoms with Crippen molar-refractivity contribution < 1.29 is 61.2 Å². The van der Waals surface area contributed by atoms with Gasteiger partial charge in [0.1, 0.15) is 0 Å². The first-order valence-corrected chi connectivity index (χ1v) is 2.14. The van der Waals surface area contributed by atoms with Crippen LogP contribution in [-0.4, -0.2) is 19.0 Å². The van der Waals surface area contributed by atoms with Crippen LogP contribution in [0, 0.1) is 41.7 Å². The van der Waals surface area contributed by atoms with Crippen LogP contribution in [0.15, 0.2) is 12.2 Å². The molecule has 0 aliphatic carbocycles. The third-order valence-corrected chi connectivity index (χ3v) is 0.557. The van der Waals surface area contributed by atoms with Crippen LogP contribution < -0.4 is 5.11 Å². The predicted octanol–water partition coefficient (Wildman–Crippen LogP) is -1.53. The van der Waals surface area contributed by atoms with Gasteiger partial charge in [0.15, 0.2) is 0 Å². The number of carboxylic acid groups (broad SMARTS) is 1. The van der Waals surface area contributed by atoms with Crippen molar-refractivity contribution in [3.63, 3.8) is 0 Å². The number of methoxy groups -OCH3 is 1. The van der Waals surface area contributed by atoms with Gasteiger partial charge in [-0.1, -0.05) is 0 Å². The quantitative estimate of drug-likeness (QED) is 0.450. The first-order valence-electron chi connectivity index (χ1n) is 2.14. The Kier molecular flexibility index (Phi) is 9.11. The second kappa shape index (κ2) is 7.17. The zero-order valence-corrected chi connectivity index (χ0v) is 8.43. The first kappa shape index (κ1) is 12.7. The molecule has 0 aliphatic heterocycles. The molecule has 0 spiro atoms. The molecule has 54 valence electrons. The van der Waals surface area contributed by atoms with E-state index in [1.807, 2.05) is 0 Å². The average Bonchev–Trinajstić information content (AvgIpc) is 1.83. The molecule has 0 radical (unpaired) electrons. The van der Waals surface area contributed by atoms with Gasteiger partial charge in [-0.05, 0) is 6.08 Å². The second-order valence-electron chi connectivity index (χ2n) is 1.18. The number of carbonyl (C=O) groups is 2. The molecule has 0 bridgehead atoms. The van der Waals surface area contributed by atoms with E-state index in [1.165, 1.54) is 0 Å². The SMILES string of the molecule is COC(=O)/C=C\C(=O)[O-].[Ce]. The van der Waals surface area contributed by atoms with Gasteiger partial charge in [0.2, 0.25) is 0 Å². The summed E-state index contributed by atoms with van der Waals surface area (Å²) in [5, 5.41) is 9.61. The summed E-state index contributed by atoms with van der Waals surface area (Å²) in [5.41, 5.74) is 0. The largest absolute Gasteiger partial charge is 0.545 e. The van der Waals surface area contributed by atoms with Crippen molar-refractivity contribution in [1.29, 1.82) is 0 Å². The summed E-state index contributed by atoms with van der Waals surface area (Å²) in [6.07, 6.45) is 1.38. The normalized spacial score (nSPS) is 8.50. The van der Waals surface area contributed by atoms with E-state index in [0.717, 1.165) is 13.2 Å².